The Kier molecular flexibility index (Phi) is 5.95. The van der Waals surface area contributed by atoms with Crippen molar-refractivity contribution in [2.24, 2.45) is 0 Å². The Morgan fingerprint density at radius 3 is 2.03 bits per heavy atom. The first-order valence-corrected chi connectivity index (χ1v) is 11.3. The van der Waals surface area contributed by atoms with Crippen LogP contribution in [0.1, 0.15) is 17.3 Å². The molecule has 1 aliphatic rings. The third-order valence-electron chi connectivity index (χ3n) is 6.00. The second kappa shape index (κ2) is 9.17. The molecule has 0 amide bonds. The van der Waals surface area contributed by atoms with Gasteiger partial charge in [0.15, 0.2) is 0 Å². The molecule has 1 fully saturated rings. The number of hydrogen-bond acceptors (Lipinski definition) is 3. The van der Waals surface area contributed by atoms with Gasteiger partial charge in [0.05, 0.1) is 17.4 Å². The van der Waals surface area contributed by atoms with Crippen LogP contribution in [0, 0.1) is 0 Å². The van der Waals surface area contributed by atoms with Crippen LogP contribution in [-0.4, -0.2) is 40.9 Å². The van der Waals surface area contributed by atoms with Crippen molar-refractivity contribution >= 4 is 11.6 Å². The summed E-state index contributed by atoms with van der Waals surface area (Å²) in [6.07, 6.45) is 0. The van der Waals surface area contributed by atoms with Gasteiger partial charge in [0.2, 0.25) is 0 Å². The lowest BCUT2D eigenvalue weighted by Gasteiger charge is -2.35. The van der Waals surface area contributed by atoms with Gasteiger partial charge in [-0.05, 0) is 28.8 Å². The first kappa shape index (κ1) is 20.8. The molecule has 3 aromatic carbocycles. The number of nitrogens with zero attached hydrogens (tertiary/aromatic N) is 2. The average Bonchev–Trinajstić information content (AvgIpc) is 3.16. The predicted octanol–water partition coefficient (Wildman–Crippen LogP) is 4.48. The van der Waals surface area contributed by atoms with Gasteiger partial charge >= 0.3 is 0 Å². The number of aromatic amines is 1. The average molecular weight is 445 g/mol. The number of hydrogen-bond donors (Lipinski definition) is 2. The second-order valence-corrected chi connectivity index (χ2v) is 8.37. The molecular formula is C26H25ClN4O. The van der Waals surface area contributed by atoms with Gasteiger partial charge in [0, 0.05) is 26.2 Å². The van der Waals surface area contributed by atoms with Crippen molar-refractivity contribution in [3.8, 4) is 16.8 Å². The molecule has 4 aromatic rings. The molecule has 2 N–H and O–H groups in total. The SMILES string of the molecule is O=c1c(Cl)c(C(c2ccc(-c3ccccc3)cc2)N2CCNCC2)[nH]n1-c1ccccc1. The van der Waals surface area contributed by atoms with Gasteiger partial charge in [-0.15, -0.1) is 0 Å². The van der Waals surface area contributed by atoms with E-state index in [1.807, 2.05) is 48.5 Å². The molecule has 1 atom stereocenters. The molecule has 0 spiro atoms. The third-order valence-corrected chi connectivity index (χ3v) is 6.36. The van der Waals surface area contributed by atoms with Crippen LogP contribution < -0.4 is 10.9 Å². The second-order valence-electron chi connectivity index (χ2n) is 7.99. The highest BCUT2D eigenvalue weighted by molar-refractivity contribution is 6.31. The molecule has 1 unspecified atom stereocenters. The fraction of sp³-hybridized carbons (Fsp3) is 0.192. The lowest BCUT2D eigenvalue weighted by atomic mass is 9.97. The van der Waals surface area contributed by atoms with E-state index in [9.17, 15) is 4.79 Å². The molecule has 2 heterocycles. The highest BCUT2D eigenvalue weighted by atomic mass is 35.5. The van der Waals surface area contributed by atoms with E-state index in [1.54, 1.807) is 0 Å². The number of halogens is 1. The Bertz CT molecular complexity index is 1230. The summed E-state index contributed by atoms with van der Waals surface area (Å²) in [6.45, 7) is 3.56. The number of aromatic nitrogens is 2. The summed E-state index contributed by atoms with van der Waals surface area (Å²) < 4.78 is 1.53. The Balaban J connectivity index is 1.57. The van der Waals surface area contributed by atoms with Crippen LogP contribution in [0.2, 0.25) is 5.02 Å². The van der Waals surface area contributed by atoms with Crippen LogP contribution in [0.4, 0.5) is 0 Å². The molecule has 0 radical (unpaired) electrons. The van der Waals surface area contributed by atoms with E-state index in [4.69, 9.17) is 11.6 Å². The van der Waals surface area contributed by atoms with Crippen molar-refractivity contribution in [2.75, 3.05) is 26.2 Å². The van der Waals surface area contributed by atoms with Crippen molar-refractivity contribution < 1.29 is 0 Å². The quantitative estimate of drug-likeness (QED) is 0.477. The molecule has 5 nitrogen and oxygen atoms in total. The first-order chi connectivity index (χ1) is 15.7. The molecule has 0 aliphatic carbocycles. The monoisotopic (exact) mass is 444 g/mol. The summed E-state index contributed by atoms with van der Waals surface area (Å²) in [5, 5.41) is 6.97. The van der Waals surface area contributed by atoms with Crippen LogP contribution in [0.15, 0.2) is 89.7 Å². The normalized spacial score (nSPS) is 15.5. The van der Waals surface area contributed by atoms with Crippen molar-refractivity contribution in [3.05, 3.63) is 112 Å². The van der Waals surface area contributed by atoms with E-state index in [0.717, 1.165) is 48.7 Å². The van der Waals surface area contributed by atoms with E-state index in [-0.39, 0.29) is 16.6 Å². The van der Waals surface area contributed by atoms with Crippen molar-refractivity contribution in [1.82, 2.24) is 20.0 Å². The number of piperazine rings is 1. The van der Waals surface area contributed by atoms with Crippen molar-refractivity contribution in [3.63, 3.8) is 0 Å². The Morgan fingerprint density at radius 1 is 0.781 bits per heavy atom. The van der Waals surface area contributed by atoms with Crippen molar-refractivity contribution in [1.29, 1.82) is 0 Å². The molecule has 1 aliphatic heterocycles. The largest absolute Gasteiger partial charge is 0.314 e. The van der Waals surface area contributed by atoms with Crippen LogP contribution in [0.25, 0.3) is 16.8 Å². The van der Waals surface area contributed by atoms with Crippen molar-refractivity contribution in [2.45, 2.75) is 6.04 Å². The van der Waals surface area contributed by atoms with Gasteiger partial charge in [0.1, 0.15) is 5.02 Å². The number of nitrogens with one attached hydrogen (secondary N) is 2. The molecule has 1 aromatic heterocycles. The van der Waals surface area contributed by atoms with Crippen LogP contribution in [-0.2, 0) is 0 Å². The Labute approximate surface area is 192 Å². The predicted molar refractivity (Wildman–Crippen MR) is 130 cm³/mol. The number of benzene rings is 3. The van der Waals surface area contributed by atoms with Crippen LogP contribution >= 0.6 is 11.6 Å². The molecule has 0 bridgehead atoms. The van der Waals surface area contributed by atoms with Crippen LogP contribution in [0.5, 0.6) is 0 Å². The maximum absolute atomic E-state index is 13.0. The maximum atomic E-state index is 13.0. The van der Waals surface area contributed by atoms with E-state index in [1.165, 1.54) is 10.2 Å². The Hall–Kier alpha value is -3.12. The first-order valence-electron chi connectivity index (χ1n) is 10.9. The lowest BCUT2D eigenvalue weighted by Crippen LogP contribution is -2.45. The summed E-state index contributed by atoms with van der Waals surface area (Å²) in [6, 6.07) is 28.3. The van der Waals surface area contributed by atoms with Gasteiger partial charge in [-0.25, -0.2) is 4.68 Å². The zero-order chi connectivity index (χ0) is 21.9. The minimum absolute atomic E-state index is 0.132. The summed E-state index contributed by atoms with van der Waals surface area (Å²) in [4.78, 5) is 15.4. The Morgan fingerprint density at radius 2 is 1.38 bits per heavy atom. The third kappa shape index (κ3) is 4.02. The summed E-state index contributed by atoms with van der Waals surface area (Å²) in [5.41, 5.74) is 4.72. The summed E-state index contributed by atoms with van der Waals surface area (Å²) >= 11 is 6.65. The molecule has 162 valence electrons. The van der Waals surface area contributed by atoms with Gasteiger partial charge in [-0.3, -0.25) is 14.8 Å². The van der Waals surface area contributed by atoms with E-state index >= 15 is 0 Å². The minimum Gasteiger partial charge on any atom is -0.314 e. The zero-order valence-electron chi connectivity index (χ0n) is 17.7. The molecular weight excluding hydrogens is 420 g/mol. The lowest BCUT2D eigenvalue weighted by molar-refractivity contribution is 0.195. The number of rotatable bonds is 5. The van der Waals surface area contributed by atoms with Crippen LogP contribution in [0.3, 0.4) is 0 Å². The standard InChI is InChI=1S/C26H25ClN4O/c27-23-24(29-31(26(23)32)22-9-5-2-6-10-22)25(30-17-15-28-16-18-30)21-13-11-20(12-14-21)19-7-3-1-4-8-19/h1-14,25,28-29H,15-18H2. The molecule has 5 rings (SSSR count). The molecule has 6 heteroatoms. The molecule has 32 heavy (non-hydrogen) atoms. The van der Waals surface area contributed by atoms with Gasteiger partial charge < -0.3 is 5.32 Å². The molecule has 1 saturated heterocycles. The smallest absolute Gasteiger partial charge is 0.290 e. The summed E-state index contributed by atoms with van der Waals surface area (Å²) in [5.74, 6) is 0. The fourth-order valence-electron chi connectivity index (χ4n) is 4.36. The minimum atomic E-state index is -0.228. The number of H-pyrrole nitrogens is 1. The highest BCUT2D eigenvalue weighted by Crippen LogP contribution is 2.33. The van der Waals surface area contributed by atoms with Gasteiger partial charge in [0.25, 0.3) is 5.56 Å². The topological polar surface area (TPSA) is 53.1 Å². The van der Waals surface area contributed by atoms with E-state index in [0.29, 0.717) is 0 Å². The summed E-state index contributed by atoms with van der Waals surface area (Å²) in [7, 11) is 0. The maximum Gasteiger partial charge on any atom is 0.290 e. The van der Waals surface area contributed by atoms with Gasteiger partial charge in [-0.2, -0.15) is 0 Å². The highest BCUT2D eigenvalue weighted by Gasteiger charge is 2.29. The molecule has 0 saturated carbocycles. The zero-order valence-corrected chi connectivity index (χ0v) is 18.4. The van der Waals surface area contributed by atoms with E-state index in [2.05, 4.69) is 51.7 Å². The number of para-hydroxylation sites is 1. The fourth-order valence-corrected chi connectivity index (χ4v) is 4.59. The van der Waals surface area contributed by atoms with Gasteiger partial charge in [-0.1, -0.05) is 84.4 Å². The van der Waals surface area contributed by atoms with E-state index < -0.39 is 0 Å².